The van der Waals surface area contributed by atoms with Gasteiger partial charge in [-0.25, -0.2) is 9.79 Å². The summed E-state index contributed by atoms with van der Waals surface area (Å²) >= 11 is 6.04. The van der Waals surface area contributed by atoms with E-state index in [0.717, 1.165) is 16.7 Å². The molecule has 0 heterocycles. The summed E-state index contributed by atoms with van der Waals surface area (Å²) in [7, 11) is 0. The van der Waals surface area contributed by atoms with Gasteiger partial charge in [0.15, 0.2) is 0 Å². The summed E-state index contributed by atoms with van der Waals surface area (Å²) in [6.45, 7) is 3.90. The lowest BCUT2D eigenvalue weighted by Crippen LogP contribution is -2.21. The molecule has 2 aromatic carbocycles. The fourth-order valence-corrected chi connectivity index (χ4v) is 3.01. The maximum Gasteiger partial charge on any atom is 0.308 e. The Kier molecular flexibility index (Phi) is 7.58. The zero-order chi connectivity index (χ0) is 18.9. The second kappa shape index (κ2) is 9.91. The van der Waals surface area contributed by atoms with Crippen LogP contribution in [0.15, 0.2) is 53.5 Å². The molecular formula is C21H22ClNO3. The predicted octanol–water partition coefficient (Wildman–Crippen LogP) is 4.84. The first-order chi connectivity index (χ1) is 12.5. The molecule has 2 rings (SSSR count). The monoisotopic (exact) mass is 371 g/mol. The van der Waals surface area contributed by atoms with Gasteiger partial charge in [0.25, 0.3) is 0 Å². The summed E-state index contributed by atoms with van der Waals surface area (Å²) in [4.78, 5) is 26.4. The molecule has 0 fully saturated rings. The van der Waals surface area contributed by atoms with E-state index < -0.39 is 0 Å². The standard InChI is InChI=1S/C21H22ClNO3/c1-3-26-21(25)15(2)11-20(23-14-24)12-16-7-9-17(10-8-16)18-5-4-6-19(22)13-18/h4-10,13,15,20H,3,11-12H2,1-2H3/t15-,20?/m0/s1. The van der Waals surface area contributed by atoms with E-state index in [2.05, 4.69) is 4.99 Å². The van der Waals surface area contributed by atoms with E-state index >= 15 is 0 Å². The third-order valence-corrected chi connectivity index (χ3v) is 4.37. The molecule has 0 bridgehead atoms. The number of halogens is 1. The minimum atomic E-state index is -0.317. The van der Waals surface area contributed by atoms with Crippen molar-refractivity contribution < 1.29 is 14.3 Å². The Morgan fingerprint density at radius 2 is 1.92 bits per heavy atom. The Hall–Kier alpha value is -2.42. The Labute approximate surface area is 158 Å². The van der Waals surface area contributed by atoms with Crippen molar-refractivity contribution in [1.82, 2.24) is 0 Å². The largest absolute Gasteiger partial charge is 0.466 e. The lowest BCUT2D eigenvalue weighted by molar-refractivity contribution is -0.147. The minimum Gasteiger partial charge on any atom is -0.466 e. The fraction of sp³-hybridized carbons (Fsp3) is 0.333. The van der Waals surface area contributed by atoms with Crippen LogP contribution >= 0.6 is 11.6 Å². The molecule has 0 N–H and O–H groups in total. The van der Waals surface area contributed by atoms with Gasteiger partial charge < -0.3 is 4.74 Å². The van der Waals surface area contributed by atoms with Crippen molar-refractivity contribution in [1.29, 1.82) is 0 Å². The topological polar surface area (TPSA) is 55.7 Å². The van der Waals surface area contributed by atoms with Gasteiger partial charge in [0.2, 0.25) is 6.08 Å². The van der Waals surface area contributed by atoms with Crippen LogP contribution < -0.4 is 0 Å². The molecule has 5 heteroatoms. The molecule has 0 aliphatic heterocycles. The summed E-state index contributed by atoms with van der Waals surface area (Å²) in [5.41, 5.74) is 3.14. The molecule has 136 valence electrons. The van der Waals surface area contributed by atoms with Gasteiger partial charge in [-0.2, -0.15) is 0 Å². The number of rotatable bonds is 8. The van der Waals surface area contributed by atoms with Gasteiger partial charge in [0.05, 0.1) is 18.6 Å². The van der Waals surface area contributed by atoms with Crippen molar-refractivity contribution in [2.24, 2.45) is 10.9 Å². The first-order valence-electron chi connectivity index (χ1n) is 8.62. The number of carbonyl (C=O) groups is 1. The molecule has 2 aromatic rings. The molecule has 0 saturated carbocycles. The number of benzene rings is 2. The zero-order valence-corrected chi connectivity index (χ0v) is 15.7. The van der Waals surface area contributed by atoms with Crippen molar-refractivity contribution in [3.8, 4) is 11.1 Å². The molecule has 0 aromatic heterocycles. The average Bonchev–Trinajstić information content (AvgIpc) is 2.62. The van der Waals surface area contributed by atoms with E-state index in [0.29, 0.717) is 24.5 Å². The second-order valence-corrected chi connectivity index (χ2v) is 6.61. The number of ether oxygens (including phenoxy) is 1. The molecule has 0 spiro atoms. The predicted molar refractivity (Wildman–Crippen MR) is 103 cm³/mol. The average molecular weight is 372 g/mol. The highest BCUT2D eigenvalue weighted by Gasteiger charge is 2.20. The molecular weight excluding hydrogens is 350 g/mol. The summed E-state index contributed by atoms with van der Waals surface area (Å²) in [6.07, 6.45) is 2.63. The fourth-order valence-electron chi connectivity index (χ4n) is 2.82. The van der Waals surface area contributed by atoms with Crippen molar-refractivity contribution in [2.75, 3.05) is 6.61 Å². The molecule has 26 heavy (non-hydrogen) atoms. The lowest BCUT2D eigenvalue weighted by Gasteiger charge is -2.16. The van der Waals surface area contributed by atoms with Gasteiger partial charge in [-0.3, -0.25) is 4.79 Å². The molecule has 0 aliphatic rings. The Morgan fingerprint density at radius 1 is 1.19 bits per heavy atom. The third kappa shape index (κ3) is 5.83. The Balaban J connectivity index is 2.07. The lowest BCUT2D eigenvalue weighted by atomic mass is 9.95. The SMILES string of the molecule is CCOC(=O)[C@@H](C)CC(Cc1ccc(-c2cccc(Cl)c2)cc1)N=C=O. The highest BCUT2D eigenvalue weighted by molar-refractivity contribution is 6.30. The van der Waals surface area contributed by atoms with Crippen LogP contribution in [0.1, 0.15) is 25.8 Å². The van der Waals surface area contributed by atoms with Gasteiger partial charge in [-0.1, -0.05) is 54.9 Å². The van der Waals surface area contributed by atoms with Crippen molar-refractivity contribution >= 4 is 23.7 Å². The van der Waals surface area contributed by atoms with E-state index in [4.69, 9.17) is 16.3 Å². The highest BCUT2D eigenvalue weighted by atomic mass is 35.5. The van der Waals surface area contributed by atoms with Crippen LogP contribution in [0.25, 0.3) is 11.1 Å². The summed E-state index contributed by atoms with van der Waals surface area (Å²) in [5.74, 6) is -0.585. The van der Waals surface area contributed by atoms with Gasteiger partial charge in [-0.15, -0.1) is 0 Å². The highest BCUT2D eigenvalue weighted by Crippen LogP contribution is 2.24. The van der Waals surface area contributed by atoms with Crippen LogP contribution in [0.3, 0.4) is 0 Å². The molecule has 4 nitrogen and oxygen atoms in total. The van der Waals surface area contributed by atoms with Crippen LogP contribution in [0, 0.1) is 5.92 Å². The zero-order valence-electron chi connectivity index (χ0n) is 14.9. The first-order valence-corrected chi connectivity index (χ1v) is 8.99. The number of hydrogen-bond acceptors (Lipinski definition) is 4. The summed E-state index contributed by atoms with van der Waals surface area (Å²) in [5, 5.41) is 0.694. The quantitative estimate of drug-likeness (QED) is 0.379. The molecule has 0 aliphatic carbocycles. The minimum absolute atomic E-state index is 0.269. The first kappa shape index (κ1) is 19.9. The van der Waals surface area contributed by atoms with Crippen LogP contribution in [0.5, 0.6) is 0 Å². The smallest absolute Gasteiger partial charge is 0.308 e. The summed E-state index contributed by atoms with van der Waals surface area (Å²) < 4.78 is 5.02. The van der Waals surface area contributed by atoms with E-state index in [9.17, 15) is 9.59 Å². The number of carbonyl (C=O) groups excluding carboxylic acids is 2. The van der Waals surface area contributed by atoms with Gasteiger partial charge >= 0.3 is 5.97 Å². The maximum atomic E-state index is 11.8. The molecule has 2 atom stereocenters. The van der Waals surface area contributed by atoms with Crippen LogP contribution in [-0.2, 0) is 20.7 Å². The van der Waals surface area contributed by atoms with E-state index in [1.807, 2.05) is 48.5 Å². The van der Waals surface area contributed by atoms with Crippen LogP contribution in [0.2, 0.25) is 5.02 Å². The maximum absolute atomic E-state index is 11.8. The van der Waals surface area contributed by atoms with Crippen molar-refractivity contribution in [3.05, 3.63) is 59.1 Å². The van der Waals surface area contributed by atoms with Crippen molar-refractivity contribution in [2.45, 2.75) is 32.7 Å². The number of esters is 1. The number of aliphatic imine (C=N–C) groups is 1. The Bertz CT molecular complexity index is 782. The van der Waals surface area contributed by atoms with Crippen LogP contribution in [-0.4, -0.2) is 24.7 Å². The summed E-state index contributed by atoms with van der Waals surface area (Å²) in [6, 6.07) is 15.4. The molecule has 0 amide bonds. The van der Waals surface area contributed by atoms with Crippen LogP contribution in [0.4, 0.5) is 0 Å². The normalized spacial score (nSPS) is 12.7. The number of isocyanates is 1. The second-order valence-electron chi connectivity index (χ2n) is 6.17. The molecule has 1 unspecified atom stereocenters. The molecule has 0 saturated heterocycles. The van der Waals surface area contributed by atoms with E-state index in [1.165, 1.54) is 0 Å². The van der Waals surface area contributed by atoms with Gasteiger partial charge in [0.1, 0.15) is 0 Å². The Morgan fingerprint density at radius 3 is 2.54 bits per heavy atom. The van der Waals surface area contributed by atoms with E-state index in [-0.39, 0.29) is 17.9 Å². The number of hydrogen-bond donors (Lipinski definition) is 0. The third-order valence-electron chi connectivity index (χ3n) is 4.13. The number of nitrogens with zero attached hydrogens (tertiary/aromatic N) is 1. The van der Waals surface area contributed by atoms with Gasteiger partial charge in [-0.05, 0) is 48.6 Å². The van der Waals surface area contributed by atoms with Crippen molar-refractivity contribution in [3.63, 3.8) is 0 Å². The molecule has 0 radical (unpaired) electrons. The van der Waals surface area contributed by atoms with E-state index in [1.54, 1.807) is 19.9 Å². The van der Waals surface area contributed by atoms with Gasteiger partial charge in [0, 0.05) is 5.02 Å².